The summed E-state index contributed by atoms with van der Waals surface area (Å²) < 4.78 is 35.8. The molecule has 130 valence electrons. The van der Waals surface area contributed by atoms with E-state index in [1.807, 2.05) is 0 Å². The van der Waals surface area contributed by atoms with Gasteiger partial charge in [-0.15, -0.1) is 0 Å². The van der Waals surface area contributed by atoms with Gasteiger partial charge in [-0.25, -0.2) is 8.42 Å². The third-order valence-electron chi connectivity index (χ3n) is 3.02. The minimum Gasteiger partial charge on any atom is -0.495 e. The van der Waals surface area contributed by atoms with Gasteiger partial charge in [-0.05, 0) is 25.1 Å². The van der Waals surface area contributed by atoms with Crippen LogP contribution in [0.3, 0.4) is 0 Å². The molecule has 0 saturated carbocycles. The fourth-order valence-corrected chi connectivity index (χ4v) is 3.36. The van der Waals surface area contributed by atoms with Gasteiger partial charge in [-0.1, -0.05) is 11.6 Å². The van der Waals surface area contributed by atoms with E-state index in [0.29, 0.717) is 12.4 Å². The second-order valence-corrected chi connectivity index (χ2v) is 7.43. The van der Waals surface area contributed by atoms with Gasteiger partial charge in [0, 0.05) is 20.2 Å². The van der Waals surface area contributed by atoms with Gasteiger partial charge >= 0.3 is 0 Å². The van der Waals surface area contributed by atoms with Crippen LogP contribution in [0.15, 0.2) is 23.1 Å². The van der Waals surface area contributed by atoms with Gasteiger partial charge in [0.1, 0.15) is 5.75 Å². The first kappa shape index (κ1) is 19.7. The van der Waals surface area contributed by atoms with Crippen molar-refractivity contribution in [2.45, 2.75) is 17.9 Å². The van der Waals surface area contributed by atoms with Crippen LogP contribution in [0.25, 0.3) is 0 Å². The first-order valence-corrected chi connectivity index (χ1v) is 8.62. The number of nitrogens with one attached hydrogen (secondary N) is 1. The van der Waals surface area contributed by atoms with E-state index in [-0.39, 0.29) is 22.5 Å². The Bertz CT molecular complexity index is 651. The number of benzene rings is 1. The van der Waals surface area contributed by atoms with Crippen LogP contribution in [0.4, 0.5) is 0 Å². The van der Waals surface area contributed by atoms with E-state index in [0.717, 1.165) is 4.31 Å². The van der Waals surface area contributed by atoms with Crippen molar-refractivity contribution < 1.29 is 22.7 Å². The molecule has 1 amide bonds. The number of likely N-dealkylation sites (N-methyl/N-ethyl adjacent to an activating group) is 1. The minimum atomic E-state index is -3.83. The molecule has 0 saturated heterocycles. The highest BCUT2D eigenvalue weighted by atomic mass is 35.5. The summed E-state index contributed by atoms with van der Waals surface area (Å²) in [6.45, 7) is 1.80. The van der Waals surface area contributed by atoms with Gasteiger partial charge in [0.25, 0.3) is 0 Å². The standard InChI is InChI=1S/C14H21ClN2O5S/c1-10(9-21-3)16-14(18)8-17(2)23(19,20)11-5-6-13(22-4)12(15)7-11/h5-7,10H,8-9H2,1-4H3,(H,16,18)/t10-/m0/s1. The third kappa shape index (κ3) is 5.35. The molecule has 0 spiro atoms. The summed E-state index contributed by atoms with van der Waals surface area (Å²) in [5.74, 6) is -0.0420. The molecule has 0 fully saturated rings. The zero-order chi connectivity index (χ0) is 17.6. The average molecular weight is 365 g/mol. The van der Waals surface area contributed by atoms with Crippen LogP contribution in [0.2, 0.25) is 5.02 Å². The molecule has 1 N–H and O–H groups in total. The van der Waals surface area contributed by atoms with Crippen molar-refractivity contribution in [2.24, 2.45) is 0 Å². The molecule has 7 nitrogen and oxygen atoms in total. The molecule has 0 aromatic heterocycles. The molecule has 0 aliphatic carbocycles. The largest absolute Gasteiger partial charge is 0.495 e. The molecule has 0 unspecified atom stereocenters. The fourth-order valence-electron chi connectivity index (χ4n) is 1.89. The van der Waals surface area contributed by atoms with E-state index in [1.54, 1.807) is 6.92 Å². The minimum absolute atomic E-state index is 0.0106. The Morgan fingerprint density at radius 3 is 2.57 bits per heavy atom. The molecule has 9 heteroatoms. The number of sulfonamides is 1. The van der Waals surface area contributed by atoms with Gasteiger partial charge in [0.05, 0.1) is 30.2 Å². The number of ether oxygens (including phenoxy) is 2. The van der Waals surface area contributed by atoms with E-state index in [2.05, 4.69) is 5.32 Å². The summed E-state index contributed by atoms with van der Waals surface area (Å²) in [4.78, 5) is 11.9. The number of nitrogens with zero attached hydrogens (tertiary/aromatic N) is 1. The summed E-state index contributed by atoms with van der Waals surface area (Å²) in [5.41, 5.74) is 0. The Balaban J connectivity index is 2.83. The molecule has 0 aliphatic rings. The van der Waals surface area contributed by atoms with E-state index in [9.17, 15) is 13.2 Å². The van der Waals surface area contributed by atoms with Crippen LogP contribution in [-0.4, -0.2) is 59.1 Å². The molecule has 0 radical (unpaired) electrons. The van der Waals surface area contributed by atoms with E-state index >= 15 is 0 Å². The van der Waals surface area contributed by atoms with Gasteiger partial charge in [0.15, 0.2) is 0 Å². The lowest BCUT2D eigenvalue weighted by Gasteiger charge is -2.19. The Hall–Kier alpha value is -1.35. The van der Waals surface area contributed by atoms with Crippen LogP contribution < -0.4 is 10.1 Å². The molecule has 0 heterocycles. The molecule has 1 aromatic carbocycles. The van der Waals surface area contributed by atoms with Crippen molar-refractivity contribution >= 4 is 27.5 Å². The van der Waals surface area contributed by atoms with Crippen molar-refractivity contribution in [3.05, 3.63) is 23.2 Å². The number of hydrogen-bond acceptors (Lipinski definition) is 5. The molecule has 23 heavy (non-hydrogen) atoms. The highest BCUT2D eigenvalue weighted by molar-refractivity contribution is 7.89. The number of amides is 1. The molecule has 1 rings (SSSR count). The number of rotatable bonds is 8. The smallest absolute Gasteiger partial charge is 0.243 e. The molecular formula is C14H21ClN2O5S. The number of halogens is 1. The first-order valence-electron chi connectivity index (χ1n) is 6.80. The summed E-state index contributed by atoms with van der Waals surface area (Å²) in [6.07, 6.45) is 0. The highest BCUT2D eigenvalue weighted by Gasteiger charge is 2.24. The summed E-state index contributed by atoms with van der Waals surface area (Å²) in [6, 6.07) is 3.92. The first-order chi connectivity index (χ1) is 10.7. The van der Waals surface area contributed by atoms with Crippen molar-refractivity contribution in [3.63, 3.8) is 0 Å². The summed E-state index contributed by atoms with van der Waals surface area (Å²) >= 11 is 5.95. The quantitative estimate of drug-likeness (QED) is 0.747. The summed E-state index contributed by atoms with van der Waals surface area (Å²) in [7, 11) is 0.457. The molecule has 1 atom stereocenters. The second kappa shape index (κ2) is 8.49. The van der Waals surface area contributed by atoms with Crippen LogP contribution in [0.5, 0.6) is 5.75 Å². The molecule has 0 bridgehead atoms. The van der Waals surface area contributed by atoms with Gasteiger partial charge < -0.3 is 14.8 Å². The second-order valence-electron chi connectivity index (χ2n) is 4.98. The zero-order valence-corrected chi connectivity index (χ0v) is 15.1. The van der Waals surface area contributed by atoms with Crippen LogP contribution in [0, 0.1) is 0 Å². The number of carbonyl (C=O) groups excluding carboxylic acids is 1. The van der Waals surface area contributed by atoms with E-state index in [4.69, 9.17) is 21.1 Å². The number of hydrogen-bond donors (Lipinski definition) is 1. The normalized spacial score (nSPS) is 13.0. The van der Waals surface area contributed by atoms with Crippen LogP contribution in [-0.2, 0) is 19.6 Å². The Kier molecular flexibility index (Phi) is 7.27. The molecule has 0 aliphatic heterocycles. The Morgan fingerprint density at radius 1 is 1.39 bits per heavy atom. The van der Waals surface area contributed by atoms with E-state index < -0.39 is 15.9 Å². The van der Waals surface area contributed by atoms with Crippen LogP contribution in [0.1, 0.15) is 6.92 Å². The SMILES string of the molecule is COC[C@H](C)NC(=O)CN(C)S(=O)(=O)c1ccc(OC)c(Cl)c1. The van der Waals surface area contributed by atoms with Crippen molar-refractivity contribution in [2.75, 3.05) is 34.4 Å². The lowest BCUT2D eigenvalue weighted by atomic mass is 10.3. The third-order valence-corrected chi connectivity index (χ3v) is 5.12. The monoisotopic (exact) mass is 364 g/mol. The Morgan fingerprint density at radius 2 is 2.04 bits per heavy atom. The average Bonchev–Trinajstić information content (AvgIpc) is 2.46. The predicted molar refractivity (Wildman–Crippen MR) is 87.3 cm³/mol. The van der Waals surface area contributed by atoms with E-state index in [1.165, 1.54) is 39.5 Å². The maximum Gasteiger partial charge on any atom is 0.243 e. The highest BCUT2D eigenvalue weighted by Crippen LogP contribution is 2.27. The summed E-state index contributed by atoms with van der Waals surface area (Å²) in [5, 5.41) is 2.83. The number of methoxy groups -OCH3 is 2. The Labute approximate surface area is 141 Å². The van der Waals surface area contributed by atoms with Crippen molar-refractivity contribution in [3.8, 4) is 5.75 Å². The van der Waals surface area contributed by atoms with Gasteiger partial charge in [-0.3, -0.25) is 4.79 Å². The molecular weight excluding hydrogens is 344 g/mol. The molecule has 1 aromatic rings. The zero-order valence-electron chi connectivity index (χ0n) is 13.5. The van der Waals surface area contributed by atoms with Crippen molar-refractivity contribution in [1.29, 1.82) is 0 Å². The fraction of sp³-hybridized carbons (Fsp3) is 0.500. The maximum absolute atomic E-state index is 12.5. The van der Waals surface area contributed by atoms with Gasteiger partial charge in [-0.2, -0.15) is 4.31 Å². The lowest BCUT2D eigenvalue weighted by molar-refractivity contribution is -0.122. The lowest BCUT2D eigenvalue weighted by Crippen LogP contribution is -2.43. The van der Waals surface area contributed by atoms with Gasteiger partial charge in [0.2, 0.25) is 15.9 Å². The van der Waals surface area contributed by atoms with Crippen LogP contribution >= 0.6 is 11.6 Å². The topological polar surface area (TPSA) is 84.9 Å². The van der Waals surface area contributed by atoms with Crippen molar-refractivity contribution in [1.82, 2.24) is 9.62 Å². The maximum atomic E-state index is 12.5. The number of carbonyl (C=O) groups is 1. The predicted octanol–water partition coefficient (Wildman–Crippen LogP) is 1.12.